The molecule has 1 aromatic carbocycles. The van der Waals surface area contributed by atoms with Gasteiger partial charge in [0, 0.05) is 6.20 Å². The van der Waals surface area contributed by atoms with Crippen molar-refractivity contribution >= 4 is 23.3 Å². The Hall–Kier alpha value is -2.37. The molecule has 0 saturated carbocycles. The van der Waals surface area contributed by atoms with Crippen LogP contribution in [0.25, 0.3) is 0 Å². The molecular formula is C14H8ClF8N3O. The van der Waals surface area contributed by atoms with Crippen LogP contribution in [-0.4, -0.2) is 33.7 Å². The summed E-state index contributed by atoms with van der Waals surface area (Å²) < 4.78 is 102. The number of hydrogen-bond acceptors (Lipinski definition) is 2. The van der Waals surface area contributed by atoms with E-state index in [2.05, 4.69) is 5.10 Å². The normalized spacial score (nSPS) is 12.9. The van der Waals surface area contributed by atoms with Gasteiger partial charge in [-0.15, -0.1) is 0 Å². The zero-order valence-electron chi connectivity index (χ0n) is 12.8. The highest BCUT2D eigenvalue weighted by Crippen LogP contribution is 2.47. The molecule has 0 radical (unpaired) electrons. The van der Waals surface area contributed by atoms with Crippen LogP contribution < -0.4 is 5.32 Å². The predicted octanol–water partition coefficient (Wildman–Crippen LogP) is 4.50. The maximum absolute atomic E-state index is 13.3. The van der Waals surface area contributed by atoms with Gasteiger partial charge >= 0.3 is 23.9 Å². The highest BCUT2D eigenvalue weighted by atomic mass is 35.5. The summed E-state index contributed by atoms with van der Waals surface area (Å²) in [5, 5.41) is 4.19. The van der Waals surface area contributed by atoms with Crippen LogP contribution in [-0.2, 0) is 11.3 Å². The van der Waals surface area contributed by atoms with Crippen molar-refractivity contribution in [2.75, 3.05) is 5.32 Å². The lowest BCUT2D eigenvalue weighted by Crippen LogP contribution is -2.57. The molecule has 0 bridgehead atoms. The number of hydrogen-bond donors (Lipinski definition) is 1. The third kappa shape index (κ3) is 4.15. The van der Waals surface area contributed by atoms with Crippen LogP contribution in [0.1, 0.15) is 5.56 Å². The lowest BCUT2D eigenvalue weighted by Gasteiger charge is -2.26. The van der Waals surface area contributed by atoms with Gasteiger partial charge < -0.3 is 5.32 Å². The molecule has 0 spiro atoms. The fraction of sp³-hybridized carbons (Fsp3) is 0.286. The minimum absolute atomic E-state index is 0.0784. The molecule has 0 aliphatic carbocycles. The van der Waals surface area contributed by atoms with Crippen LogP contribution >= 0.6 is 11.6 Å². The van der Waals surface area contributed by atoms with E-state index in [0.29, 0.717) is 5.56 Å². The van der Waals surface area contributed by atoms with Crippen LogP contribution in [0.4, 0.5) is 40.9 Å². The van der Waals surface area contributed by atoms with Gasteiger partial charge in [0.1, 0.15) is 10.8 Å². The summed E-state index contributed by atoms with van der Waals surface area (Å²) in [4.78, 5) is 11.3. The van der Waals surface area contributed by atoms with Crippen LogP contribution in [0.5, 0.6) is 0 Å². The van der Waals surface area contributed by atoms with E-state index in [1.165, 1.54) is 12.1 Å². The first-order valence-corrected chi connectivity index (χ1v) is 7.24. The average molecular weight is 422 g/mol. The third-order valence-corrected chi connectivity index (χ3v) is 3.52. The summed E-state index contributed by atoms with van der Waals surface area (Å²) in [6.45, 7) is -0.0784. The van der Waals surface area contributed by atoms with E-state index in [-0.39, 0.29) is 6.54 Å². The molecule has 2 aromatic rings. The van der Waals surface area contributed by atoms with Crippen LogP contribution in [0.3, 0.4) is 0 Å². The fourth-order valence-corrected chi connectivity index (χ4v) is 2.04. The van der Waals surface area contributed by atoms with Crippen LogP contribution in [0.15, 0.2) is 30.5 Å². The minimum Gasteiger partial charge on any atom is -0.302 e. The Bertz CT molecular complexity index is 832. The zero-order chi connectivity index (χ0) is 20.6. The molecule has 0 fully saturated rings. The van der Waals surface area contributed by atoms with E-state index < -0.39 is 40.6 Å². The van der Waals surface area contributed by atoms with Crippen molar-refractivity contribution in [1.29, 1.82) is 0 Å². The maximum Gasteiger partial charge on any atom is 0.460 e. The zero-order valence-corrected chi connectivity index (χ0v) is 13.6. The number of alkyl halides is 7. The number of nitrogens with one attached hydrogen (secondary N) is 1. The van der Waals surface area contributed by atoms with E-state index in [1.807, 2.05) is 0 Å². The number of anilines is 1. The van der Waals surface area contributed by atoms with Gasteiger partial charge in [0.05, 0.1) is 6.54 Å². The third-order valence-electron chi connectivity index (χ3n) is 3.24. The summed E-state index contributed by atoms with van der Waals surface area (Å²) in [7, 11) is 0. The van der Waals surface area contributed by atoms with Gasteiger partial charge in [0.2, 0.25) is 0 Å². The highest BCUT2D eigenvalue weighted by molar-refractivity contribution is 6.33. The van der Waals surface area contributed by atoms with Gasteiger partial charge in [-0.3, -0.25) is 9.48 Å². The van der Waals surface area contributed by atoms with E-state index in [9.17, 15) is 39.9 Å². The SMILES string of the molecule is O=C(Nc1nn(Cc2ccc(F)cc2)cc1Cl)C(F)(F)C(F)(F)C(F)(F)F. The van der Waals surface area contributed by atoms with Gasteiger partial charge in [0.15, 0.2) is 5.82 Å². The summed E-state index contributed by atoms with van der Waals surface area (Å²) in [5.41, 5.74) is 0.474. The summed E-state index contributed by atoms with van der Waals surface area (Å²) in [6.07, 6.45) is -5.65. The molecule has 1 heterocycles. The first-order valence-electron chi connectivity index (χ1n) is 6.87. The topological polar surface area (TPSA) is 46.9 Å². The molecule has 2 rings (SSSR count). The van der Waals surface area contributed by atoms with Gasteiger partial charge in [-0.1, -0.05) is 23.7 Å². The van der Waals surface area contributed by atoms with Gasteiger partial charge in [-0.05, 0) is 17.7 Å². The quantitative estimate of drug-likeness (QED) is 0.723. The largest absolute Gasteiger partial charge is 0.460 e. The molecule has 0 atom stereocenters. The summed E-state index contributed by atoms with van der Waals surface area (Å²) in [5.74, 6) is -17.0. The molecule has 148 valence electrons. The van der Waals surface area contributed by atoms with Crippen molar-refractivity contribution in [3.63, 3.8) is 0 Å². The number of nitrogens with zero attached hydrogens (tertiary/aromatic N) is 2. The summed E-state index contributed by atoms with van der Waals surface area (Å²) in [6, 6.07) is 4.92. The van der Waals surface area contributed by atoms with E-state index >= 15 is 0 Å². The van der Waals surface area contributed by atoms with E-state index in [1.54, 1.807) is 0 Å². The van der Waals surface area contributed by atoms with E-state index in [4.69, 9.17) is 11.6 Å². The summed E-state index contributed by atoms with van der Waals surface area (Å²) >= 11 is 5.62. The first-order chi connectivity index (χ1) is 12.3. The van der Waals surface area contributed by atoms with Crippen molar-refractivity contribution in [3.8, 4) is 0 Å². The Labute approximate surface area is 150 Å². The Balaban J connectivity index is 2.19. The molecule has 4 nitrogen and oxygen atoms in total. The minimum atomic E-state index is -6.65. The predicted molar refractivity (Wildman–Crippen MR) is 77.3 cm³/mol. The molecule has 0 unspecified atom stereocenters. The molecule has 27 heavy (non-hydrogen) atoms. The van der Waals surface area contributed by atoms with Crippen molar-refractivity contribution in [2.45, 2.75) is 24.6 Å². The van der Waals surface area contributed by atoms with Crippen molar-refractivity contribution < 1.29 is 39.9 Å². The second-order valence-electron chi connectivity index (χ2n) is 5.25. The fourth-order valence-electron chi connectivity index (χ4n) is 1.85. The maximum atomic E-state index is 13.3. The number of halogens is 9. The molecule has 13 heteroatoms. The molecule has 0 aliphatic heterocycles. The van der Waals surface area contributed by atoms with Gasteiger partial charge in [-0.2, -0.15) is 35.8 Å². The Kier molecular flexibility index (Phi) is 5.41. The molecule has 0 aliphatic rings. The first kappa shape index (κ1) is 20.9. The molecule has 1 amide bonds. The van der Waals surface area contributed by atoms with Gasteiger partial charge in [-0.25, -0.2) is 4.39 Å². The Morgan fingerprint density at radius 3 is 2.15 bits per heavy atom. The standard InChI is InChI=1S/C14H8ClF8N3O/c15-9-6-26(5-7-1-3-8(16)4-2-7)25-10(9)24-11(27)12(17,18)13(19,20)14(21,22)23/h1-4,6H,5H2,(H,24,25,27). The smallest absolute Gasteiger partial charge is 0.302 e. The number of benzene rings is 1. The second kappa shape index (κ2) is 6.98. The van der Waals surface area contributed by atoms with Gasteiger partial charge in [0.25, 0.3) is 0 Å². The Morgan fingerprint density at radius 1 is 1.07 bits per heavy atom. The van der Waals surface area contributed by atoms with Crippen molar-refractivity contribution in [2.24, 2.45) is 0 Å². The van der Waals surface area contributed by atoms with Crippen LogP contribution in [0.2, 0.25) is 5.02 Å². The van der Waals surface area contributed by atoms with Crippen LogP contribution in [0, 0.1) is 5.82 Å². The number of amides is 1. The number of aromatic nitrogens is 2. The molecule has 1 N–H and O–H groups in total. The molecular weight excluding hydrogens is 414 g/mol. The van der Waals surface area contributed by atoms with Crippen molar-refractivity contribution in [1.82, 2.24) is 9.78 Å². The Morgan fingerprint density at radius 2 is 1.63 bits per heavy atom. The molecule has 0 saturated heterocycles. The monoisotopic (exact) mass is 421 g/mol. The highest BCUT2D eigenvalue weighted by Gasteiger charge is 2.76. The lowest BCUT2D eigenvalue weighted by atomic mass is 10.1. The lowest BCUT2D eigenvalue weighted by molar-refractivity contribution is -0.343. The van der Waals surface area contributed by atoms with E-state index in [0.717, 1.165) is 28.3 Å². The average Bonchev–Trinajstić information content (AvgIpc) is 2.87. The number of carbonyl (C=O) groups is 1. The van der Waals surface area contributed by atoms with Crippen molar-refractivity contribution in [3.05, 3.63) is 46.9 Å². The number of rotatable bonds is 5. The number of carbonyl (C=O) groups excluding carboxylic acids is 1. The second-order valence-corrected chi connectivity index (χ2v) is 5.66. The molecule has 1 aromatic heterocycles.